The molecule has 3 heterocycles. The molecule has 7 heteroatoms. The van der Waals surface area contributed by atoms with E-state index in [4.69, 9.17) is 9.26 Å². The lowest BCUT2D eigenvalue weighted by atomic mass is 10.1. The standard InChI is InChI=1S/C16H15N3O3S/c20-15(13-5-8-17-22-13)19-9-6-11(7-10-19)21-16-18-12-3-1-2-4-14(12)23-16/h1-5,8,11H,6-7,9-10H2. The molecule has 0 aliphatic carbocycles. The number of piperidine rings is 1. The van der Waals surface area contributed by atoms with Gasteiger partial charge in [-0.15, -0.1) is 0 Å². The molecule has 0 bridgehead atoms. The molecule has 0 atom stereocenters. The largest absolute Gasteiger partial charge is 0.467 e. The van der Waals surface area contributed by atoms with Crippen LogP contribution in [0.4, 0.5) is 0 Å². The normalized spacial score (nSPS) is 15.9. The summed E-state index contributed by atoms with van der Waals surface area (Å²) in [5.74, 6) is 0.177. The Hall–Kier alpha value is -2.41. The zero-order chi connectivity index (χ0) is 15.6. The number of carbonyl (C=O) groups excluding carboxylic acids is 1. The zero-order valence-electron chi connectivity index (χ0n) is 12.3. The van der Waals surface area contributed by atoms with Gasteiger partial charge in [0.2, 0.25) is 5.76 Å². The van der Waals surface area contributed by atoms with Crippen LogP contribution < -0.4 is 4.74 Å². The number of carbonyl (C=O) groups is 1. The topological polar surface area (TPSA) is 68.5 Å². The molecule has 1 fully saturated rings. The van der Waals surface area contributed by atoms with Crippen LogP contribution in [0.1, 0.15) is 23.4 Å². The van der Waals surface area contributed by atoms with Gasteiger partial charge in [-0.25, -0.2) is 4.98 Å². The van der Waals surface area contributed by atoms with Crippen molar-refractivity contribution < 1.29 is 14.1 Å². The smallest absolute Gasteiger partial charge is 0.292 e. The Morgan fingerprint density at radius 1 is 1.26 bits per heavy atom. The number of hydrogen-bond acceptors (Lipinski definition) is 6. The minimum Gasteiger partial charge on any atom is -0.467 e. The van der Waals surface area contributed by atoms with Crippen LogP contribution in [0.3, 0.4) is 0 Å². The summed E-state index contributed by atoms with van der Waals surface area (Å²) in [6.45, 7) is 1.30. The lowest BCUT2D eigenvalue weighted by Gasteiger charge is -2.30. The second-order valence-electron chi connectivity index (χ2n) is 5.43. The number of rotatable bonds is 3. The van der Waals surface area contributed by atoms with Crippen molar-refractivity contribution in [3.8, 4) is 5.19 Å². The maximum Gasteiger partial charge on any atom is 0.292 e. The molecule has 0 N–H and O–H groups in total. The zero-order valence-corrected chi connectivity index (χ0v) is 13.2. The number of fused-ring (bicyclic) bond motifs is 1. The van der Waals surface area contributed by atoms with E-state index in [0.29, 0.717) is 18.3 Å². The third-order valence-electron chi connectivity index (χ3n) is 3.92. The number of hydrogen-bond donors (Lipinski definition) is 0. The highest BCUT2D eigenvalue weighted by atomic mass is 32.1. The van der Waals surface area contributed by atoms with E-state index < -0.39 is 0 Å². The monoisotopic (exact) mass is 329 g/mol. The molecule has 0 radical (unpaired) electrons. The summed E-state index contributed by atoms with van der Waals surface area (Å²) >= 11 is 1.56. The van der Waals surface area contributed by atoms with Gasteiger partial charge in [-0.2, -0.15) is 0 Å². The molecule has 6 nitrogen and oxygen atoms in total. The molecule has 1 aromatic carbocycles. The number of aromatic nitrogens is 2. The van der Waals surface area contributed by atoms with Crippen molar-refractivity contribution in [2.45, 2.75) is 18.9 Å². The van der Waals surface area contributed by atoms with E-state index >= 15 is 0 Å². The fourth-order valence-corrected chi connectivity index (χ4v) is 3.58. The van der Waals surface area contributed by atoms with Gasteiger partial charge in [0.25, 0.3) is 11.1 Å². The SMILES string of the molecule is O=C(c1ccno1)N1CCC(Oc2nc3ccccc3s2)CC1. The average molecular weight is 329 g/mol. The fourth-order valence-electron chi connectivity index (χ4n) is 2.70. The van der Waals surface area contributed by atoms with Crippen LogP contribution in [0.25, 0.3) is 10.2 Å². The second-order valence-corrected chi connectivity index (χ2v) is 6.43. The summed E-state index contributed by atoms with van der Waals surface area (Å²) in [5, 5.41) is 4.28. The molecule has 4 rings (SSSR count). The Morgan fingerprint density at radius 3 is 2.83 bits per heavy atom. The maximum atomic E-state index is 12.2. The van der Waals surface area contributed by atoms with E-state index in [9.17, 15) is 4.79 Å². The number of nitrogens with zero attached hydrogens (tertiary/aromatic N) is 3. The molecular formula is C16H15N3O3S. The molecule has 2 aromatic heterocycles. The van der Waals surface area contributed by atoms with Crippen molar-refractivity contribution in [1.29, 1.82) is 0 Å². The number of thiazole rings is 1. The first-order valence-corrected chi connectivity index (χ1v) is 8.33. The maximum absolute atomic E-state index is 12.2. The molecule has 0 spiro atoms. The molecule has 23 heavy (non-hydrogen) atoms. The summed E-state index contributed by atoms with van der Waals surface area (Å²) in [6, 6.07) is 9.58. The van der Waals surface area contributed by atoms with Gasteiger partial charge in [-0.1, -0.05) is 28.6 Å². The molecule has 0 saturated carbocycles. The van der Waals surface area contributed by atoms with Gasteiger partial charge < -0.3 is 14.2 Å². The molecule has 118 valence electrons. The van der Waals surface area contributed by atoms with Crippen molar-refractivity contribution in [1.82, 2.24) is 15.0 Å². The number of para-hydroxylation sites is 1. The van der Waals surface area contributed by atoms with Crippen LogP contribution in [-0.4, -0.2) is 40.1 Å². The third kappa shape index (κ3) is 2.92. The second kappa shape index (κ2) is 6.00. The Bertz CT molecular complexity index is 774. The molecular weight excluding hydrogens is 314 g/mol. The van der Waals surface area contributed by atoms with Crippen LogP contribution in [0.15, 0.2) is 41.1 Å². The van der Waals surface area contributed by atoms with Gasteiger partial charge in [0.1, 0.15) is 6.10 Å². The summed E-state index contributed by atoms with van der Waals surface area (Å²) < 4.78 is 12.0. The van der Waals surface area contributed by atoms with Crippen LogP contribution >= 0.6 is 11.3 Å². The van der Waals surface area contributed by atoms with Gasteiger partial charge in [0, 0.05) is 32.0 Å². The average Bonchev–Trinajstić information content (AvgIpc) is 3.24. The van der Waals surface area contributed by atoms with E-state index in [1.54, 1.807) is 22.3 Å². The Morgan fingerprint density at radius 2 is 2.09 bits per heavy atom. The minimum absolute atomic E-state index is 0.0920. The summed E-state index contributed by atoms with van der Waals surface area (Å²) in [5.41, 5.74) is 0.963. The highest BCUT2D eigenvalue weighted by Gasteiger charge is 2.26. The lowest BCUT2D eigenvalue weighted by Crippen LogP contribution is -2.41. The molecule has 0 unspecified atom stereocenters. The third-order valence-corrected chi connectivity index (χ3v) is 4.85. The number of benzene rings is 1. The van der Waals surface area contributed by atoms with Gasteiger partial charge in [0.15, 0.2) is 0 Å². The Labute approximate surface area is 136 Å². The fraction of sp³-hybridized carbons (Fsp3) is 0.312. The van der Waals surface area contributed by atoms with E-state index in [-0.39, 0.29) is 17.8 Å². The molecule has 3 aromatic rings. The number of ether oxygens (including phenoxy) is 1. The predicted molar refractivity (Wildman–Crippen MR) is 85.7 cm³/mol. The van der Waals surface area contributed by atoms with Crippen LogP contribution in [-0.2, 0) is 0 Å². The van der Waals surface area contributed by atoms with E-state index in [2.05, 4.69) is 10.1 Å². The number of amides is 1. The Balaban J connectivity index is 1.37. The molecule has 1 aliphatic rings. The first-order chi connectivity index (χ1) is 11.3. The van der Waals surface area contributed by atoms with Gasteiger partial charge in [0.05, 0.1) is 16.4 Å². The first-order valence-electron chi connectivity index (χ1n) is 7.52. The van der Waals surface area contributed by atoms with Crippen molar-refractivity contribution >= 4 is 27.5 Å². The van der Waals surface area contributed by atoms with Crippen LogP contribution in [0.2, 0.25) is 0 Å². The van der Waals surface area contributed by atoms with Crippen molar-refractivity contribution in [3.05, 3.63) is 42.3 Å². The Kier molecular flexibility index (Phi) is 3.70. The molecule has 1 aliphatic heterocycles. The van der Waals surface area contributed by atoms with Gasteiger partial charge in [-0.3, -0.25) is 4.79 Å². The van der Waals surface area contributed by atoms with Crippen molar-refractivity contribution in [2.24, 2.45) is 0 Å². The van der Waals surface area contributed by atoms with E-state index in [1.807, 2.05) is 24.3 Å². The quantitative estimate of drug-likeness (QED) is 0.739. The van der Waals surface area contributed by atoms with E-state index in [0.717, 1.165) is 23.1 Å². The van der Waals surface area contributed by atoms with Crippen molar-refractivity contribution in [2.75, 3.05) is 13.1 Å². The summed E-state index contributed by atoms with van der Waals surface area (Å²) in [6.07, 6.45) is 3.15. The minimum atomic E-state index is -0.110. The van der Waals surface area contributed by atoms with Crippen LogP contribution in [0, 0.1) is 0 Å². The van der Waals surface area contributed by atoms with E-state index in [1.165, 1.54) is 6.20 Å². The summed E-state index contributed by atoms with van der Waals surface area (Å²) in [4.78, 5) is 18.5. The molecule has 1 amide bonds. The van der Waals surface area contributed by atoms with Gasteiger partial charge in [-0.05, 0) is 12.1 Å². The van der Waals surface area contributed by atoms with Gasteiger partial charge >= 0.3 is 0 Å². The lowest BCUT2D eigenvalue weighted by molar-refractivity contribution is 0.0558. The highest BCUT2D eigenvalue weighted by Crippen LogP contribution is 2.29. The highest BCUT2D eigenvalue weighted by molar-refractivity contribution is 7.20. The first kappa shape index (κ1) is 14.2. The number of likely N-dealkylation sites (tertiary alicyclic amines) is 1. The summed E-state index contributed by atoms with van der Waals surface area (Å²) in [7, 11) is 0. The predicted octanol–water partition coefficient (Wildman–Crippen LogP) is 2.97. The molecule has 1 saturated heterocycles. The van der Waals surface area contributed by atoms with Crippen molar-refractivity contribution in [3.63, 3.8) is 0 Å². The van der Waals surface area contributed by atoms with Crippen LogP contribution in [0.5, 0.6) is 5.19 Å².